The van der Waals surface area contributed by atoms with E-state index in [-0.39, 0.29) is 18.9 Å². The minimum absolute atomic E-state index is 0.0211. The first-order chi connectivity index (χ1) is 9.45. The summed E-state index contributed by atoms with van der Waals surface area (Å²) in [4.78, 5) is 34.8. The fourth-order valence-corrected chi connectivity index (χ4v) is 2.13. The molecule has 0 saturated carbocycles. The molecule has 0 aromatic carbocycles. The van der Waals surface area contributed by atoms with Crippen molar-refractivity contribution < 1.29 is 23.9 Å². The maximum atomic E-state index is 11.9. The third-order valence-corrected chi connectivity index (χ3v) is 3.19. The molecule has 0 radical (unpaired) electrons. The van der Waals surface area contributed by atoms with Crippen LogP contribution in [0.4, 0.5) is 0 Å². The van der Waals surface area contributed by atoms with Crippen molar-refractivity contribution in [2.75, 3.05) is 13.2 Å². The number of amides is 2. The Bertz CT molecular complexity index is 366. The van der Waals surface area contributed by atoms with Crippen LogP contribution in [-0.4, -0.2) is 43.1 Å². The number of carbonyl (C=O) groups is 3. The quantitative estimate of drug-likeness (QED) is 0.626. The summed E-state index contributed by atoms with van der Waals surface area (Å²) >= 11 is 0. The Morgan fingerprint density at radius 2 is 2.15 bits per heavy atom. The van der Waals surface area contributed by atoms with E-state index in [0.717, 1.165) is 6.42 Å². The van der Waals surface area contributed by atoms with Gasteiger partial charge in [-0.05, 0) is 25.7 Å². The van der Waals surface area contributed by atoms with Gasteiger partial charge in [-0.15, -0.1) is 0 Å². The van der Waals surface area contributed by atoms with Crippen LogP contribution in [0.2, 0.25) is 0 Å². The van der Waals surface area contributed by atoms with Crippen LogP contribution in [0, 0.1) is 5.92 Å². The van der Waals surface area contributed by atoms with Gasteiger partial charge in [0.1, 0.15) is 12.1 Å². The standard InChI is InChI=1S/C13H22N2O5/c1-3-19-10(16)7-8(2)11(12(14)17)15-13(18)9-5-4-6-20-9/h8-9,11H,3-7H2,1-2H3,(H2,14,17)(H,15,18)/t8-,9-,11+/m1/s1. The molecular formula is C13H22N2O5. The van der Waals surface area contributed by atoms with E-state index in [9.17, 15) is 14.4 Å². The highest BCUT2D eigenvalue weighted by Gasteiger charge is 2.31. The smallest absolute Gasteiger partial charge is 0.306 e. The molecule has 3 N–H and O–H groups in total. The van der Waals surface area contributed by atoms with Crippen molar-refractivity contribution in [1.29, 1.82) is 0 Å². The molecule has 2 amide bonds. The molecule has 7 heteroatoms. The van der Waals surface area contributed by atoms with Crippen LogP contribution < -0.4 is 11.1 Å². The average molecular weight is 286 g/mol. The number of ether oxygens (including phenoxy) is 2. The van der Waals surface area contributed by atoms with Crippen LogP contribution in [0.3, 0.4) is 0 Å². The van der Waals surface area contributed by atoms with E-state index in [0.29, 0.717) is 13.0 Å². The summed E-state index contributed by atoms with van der Waals surface area (Å²) in [5.74, 6) is -1.88. The first-order valence-corrected chi connectivity index (χ1v) is 6.82. The van der Waals surface area contributed by atoms with Crippen LogP contribution in [0.15, 0.2) is 0 Å². The number of nitrogens with one attached hydrogen (secondary N) is 1. The molecule has 0 aromatic rings. The first-order valence-electron chi connectivity index (χ1n) is 6.82. The Kier molecular flexibility index (Phi) is 6.44. The van der Waals surface area contributed by atoms with Gasteiger partial charge in [-0.2, -0.15) is 0 Å². The molecule has 1 heterocycles. The lowest BCUT2D eigenvalue weighted by atomic mass is 9.97. The predicted molar refractivity (Wildman–Crippen MR) is 70.5 cm³/mol. The van der Waals surface area contributed by atoms with Gasteiger partial charge in [0, 0.05) is 6.61 Å². The van der Waals surface area contributed by atoms with Crippen LogP contribution in [0.5, 0.6) is 0 Å². The SMILES string of the molecule is CCOC(=O)C[C@@H](C)[C@H](NC(=O)[C@H]1CCCO1)C(N)=O. The number of hydrogen-bond acceptors (Lipinski definition) is 5. The highest BCUT2D eigenvalue weighted by Crippen LogP contribution is 2.14. The zero-order valence-electron chi connectivity index (χ0n) is 11.9. The summed E-state index contributed by atoms with van der Waals surface area (Å²) in [6.07, 6.45) is 0.931. The van der Waals surface area contributed by atoms with Crippen molar-refractivity contribution in [3.05, 3.63) is 0 Å². The summed E-state index contributed by atoms with van der Waals surface area (Å²) in [5.41, 5.74) is 5.29. The van der Waals surface area contributed by atoms with E-state index >= 15 is 0 Å². The molecule has 7 nitrogen and oxygen atoms in total. The van der Waals surface area contributed by atoms with E-state index in [1.54, 1.807) is 13.8 Å². The normalized spacial score (nSPS) is 21.0. The van der Waals surface area contributed by atoms with Gasteiger partial charge >= 0.3 is 5.97 Å². The summed E-state index contributed by atoms with van der Waals surface area (Å²) in [6.45, 7) is 4.18. The number of carbonyl (C=O) groups excluding carboxylic acids is 3. The lowest BCUT2D eigenvalue weighted by Gasteiger charge is -2.23. The Morgan fingerprint density at radius 3 is 2.65 bits per heavy atom. The van der Waals surface area contributed by atoms with Gasteiger partial charge in [0.2, 0.25) is 11.8 Å². The van der Waals surface area contributed by atoms with Crippen molar-refractivity contribution in [3.63, 3.8) is 0 Å². The minimum atomic E-state index is -0.906. The Hall–Kier alpha value is -1.63. The Labute approximate surface area is 118 Å². The van der Waals surface area contributed by atoms with Gasteiger partial charge in [0.15, 0.2) is 0 Å². The third kappa shape index (κ3) is 4.80. The molecule has 0 spiro atoms. The van der Waals surface area contributed by atoms with Gasteiger partial charge in [-0.3, -0.25) is 14.4 Å². The second kappa shape index (κ2) is 7.84. The molecule has 1 rings (SSSR count). The number of esters is 1. The first kappa shape index (κ1) is 16.4. The summed E-state index contributed by atoms with van der Waals surface area (Å²) < 4.78 is 10.1. The van der Waals surface area contributed by atoms with Crippen LogP contribution in [0.25, 0.3) is 0 Å². The number of hydrogen-bond donors (Lipinski definition) is 2. The maximum absolute atomic E-state index is 11.9. The molecule has 1 aliphatic heterocycles. The van der Waals surface area contributed by atoms with Crippen molar-refractivity contribution in [2.45, 2.75) is 45.3 Å². The van der Waals surface area contributed by atoms with Crippen LogP contribution in [0.1, 0.15) is 33.1 Å². The minimum Gasteiger partial charge on any atom is -0.466 e. The molecule has 20 heavy (non-hydrogen) atoms. The van der Waals surface area contributed by atoms with Gasteiger partial charge < -0.3 is 20.5 Å². The molecule has 0 aliphatic carbocycles. The maximum Gasteiger partial charge on any atom is 0.306 e. The monoisotopic (exact) mass is 286 g/mol. The van der Waals surface area contributed by atoms with Gasteiger partial charge in [0.05, 0.1) is 13.0 Å². The lowest BCUT2D eigenvalue weighted by Crippen LogP contribution is -2.51. The fraction of sp³-hybridized carbons (Fsp3) is 0.769. The molecule has 0 unspecified atom stereocenters. The van der Waals surface area contributed by atoms with Gasteiger partial charge in [-0.25, -0.2) is 0 Å². The topological polar surface area (TPSA) is 108 Å². The average Bonchev–Trinajstić information content (AvgIpc) is 2.89. The molecule has 0 bridgehead atoms. The molecule has 1 fully saturated rings. The van der Waals surface area contributed by atoms with Crippen LogP contribution >= 0.6 is 0 Å². The predicted octanol–water partition coefficient (Wildman–Crippen LogP) is -0.275. The Morgan fingerprint density at radius 1 is 1.45 bits per heavy atom. The van der Waals surface area contributed by atoms with E-state index in [2.05, 4.69) is 5.32 Å². The third-order valence-electron chi connectivity index (χ3n) is 3.19. The number of rotatable bonds is 7. The van der Waals surface area contributed by atoms with Crippen molar-refractivity contribution in [2.24, 2.45) is 11.7 Å². The fourth-order valence-electron chi connectivity index (χ4n) is 2.13. The molecule has 114 valence electrons. The van der Waals surface area contributed by atoms with E-state index in [1.165, 1.54) is 0 Å². The van der Waals surface area contributed by atoms with Crippen molar-refractivity contribution in [1.82, 2.24) is 5.32 Å². The molecule has 1 saturated heterocycles. The van der Waals surface area contributed by atoms with Gasteiger partial charge in [-0.1, -0.05) is 6.92 Å². The number of primary amides is 1. The zero-order chi connectivity index (χ0) is 15.1. The van der Waals surface area contributed by atoms with Gasteiger partial charge in [0.25, 0.3) is 0 Å². The Balaban J connectivity index is 2.56. The largest absolute Gasteiger partial charge is 0.466 e. The molecule has 3 atom stereocenters. The summed E-state index contributed by atoms with van der Waals surface area (Å²) in [6, 6.07) is -0.906. The number of nitrogens with two attached hydrogens (primary N) is 1. The second-order valence-electron chi connectivity index (χ2n) is 4.88. The highest BCUT2D eigenvalue weighted by molar-refractivity contribution is 5.89. The van der Waals surface area contributed by atoms with Crippen LogP contribution in [-0.2, 0) is 23.9 Å². The summed E-state index contributed by atoms with van der Waals surface area (Å²) in [5, 5.41) is 2.56. The zero-order valence-corrected chi connectivity index (χ0v) is 11.9. The molecule has 1 aliphatic rings. The van der Waals surface area contributed by atoms with E-state index in [1.807, 2.05) is 0 Å². The van der Waals surface area contributed by atoms with E-state index in [4.69, 9.17) is 15.2 Å². The highest BCUT2D eigenvalue weighted by atomic mass is 16.5. The van der Waals surface area contributed by atoms with Crippen molar-refractivity contribution in [3.8, 4) is 0 Å². The summed E-state index contributed by atoms with van der Waals surface area (Å²) in [7, 11) is 0. The van der Waals surface area contributed by atoms with E-state index < -0.39 is 29.9 Å². The molecule has 0 aromatic heterocycles. The second-order valence-corrected chi connectivity index (χ2v) is 4.88. The van der Waals surface area contributed by atoms with Crippen molar-refractivity contribution >= 4 is 17.8 Å². The lowest BCUT2D eigenvalue weighted by molar-refractivity contribution is -0.145. The molecular weight excluding hydrogens is 264 g/mol.